The first-order valence-electron chi connectivity index (χ1n) is 12.6. The highest BCUT2D eigenvalue weighted by atomic mass is 16.2. The van der Waals surface area contributed by atoms with E-state index in [2.05, 4.69) is 5.32 Å². The molecule has 5 amide bonds. The monoisotopic (exact) mass is 528 g/mol. The zero-order chi connectivity index (χ0) is 28.2. The number of benzene rings is 3. The minimum Gasteiger partial charge on any atom is -0.369 e. The molecular weight excluding hydrogens is 496 g/mol. The summed E-state index contributed by atoms with van der Waals surface area (Å²) < 4.78 is 0. The third-order valence-corrected chi connectivity index (χ3v) is 6.05. The molecule has 0 saturated heterocycles. The number of nitrogens with two attached hydrogens (primary N) is 1. The first-order valence-corrected chi connectivity index (χ1v) is 12.6. The molecule has 9 nitrogen and oxygen atoms in total. The summed E-state index contributed by atoms with van der Waals surface area (Å²) in [5, 5.41) is 2.57. The smallest absolute Gasteiger partial charge is 0.327 e. The molecule has 0 aliphatic heterocycles. The van der Waals surface area contributed by atoms with Gasteiger partial charge in [-0.15, -0.1) is 0 Å². The Kier molecular flexibility index (Phi) is 10.5. The number of ketones is 1. The van der Waals surface area contributed by atoms with Crippen molar-refractivity contribution in [2.24, 2.45) is 5.73 Å². The Morgan fingerprint density at radius 2 is 1.33 bits per heavy atom. The fourth-order valence-electron chi connectivity index (χ4n) is 3.98. The number of amides is 5. The predicted octanol–water partition coefficient (Wildman–Crippen LogP) is 3.00. The lowest BCUT2D eigenvalue weighted by atomic mass is 10.0. The van der Waals surface area contributed by atoms with E-state index in [-0.39, 0.29) is 25.6 Å². The van der Waals surface area contributed by atoms with E-state index in [4.69, 9.17) is 5.73 Å². The molecule has 3 aromatic rings. The summed E-state index contributed by atoms with van der Waals surface area (Å²) in [7, 11) is 0. The average Bonchev–Trinajstić information content (AvgIpc) is 2.94. The number of nitrogens with one attached hydrogen (secondary N) is 1. The lowest BCUT2D eigenvalue weighted by Gasteiger charge is -2.31. The summed E-state index contributed by atoms with van der Waals surface area (Å²) in [6, 6.07) is 26.5. The number of primary amides is 1. The van der Waals surface area contributed by atoms with Crippen LogP contribution in [0.4, 0.5) is 4.79 Å². The van der Waals surface area contributed by atoms with Crippen LogP contribution < -0.4 is 11.1 Å². The van der Waals surface area contributed by atoms with Crippen molar-refractivity contribution in [3.05, 3.63) is 108 Å². The van der Waals surface area contributed by atoms with E-state index < -0.39 is 42.5 Å². The van der Waals surface area contributed by atoms with Crippen LogP contribution in [0.25, 0.3) is 0 Å². The highest BCUT2D eigenvalue weighted by molar-refractivity contribution is 6.37. The predicted molar refractivity (Wildman–Crippen MR) is 146 cm³/mol. The third-order valence-electron chi connectivity index (χ3n) is 6.05. The Balaban J connectivity index is 1.82. The van der Waals surface area contributed by atoms with Gasteiger partial charge in [0, 0.05) is 19.6 Å². The summed E-state index contributed by atoms with van der Waals surface area (Å²) in [4.78, 5) is 65.9. The van der Waals surface area contributed by atoms with E-state index in [9.17, 15) is 24.0 Å². The third kappa shape index (κ3) is 8.92. The molecule has 39 heavy (non-hydrogen) atoms. The van der Waals surface area contributed by atoms with Gasteiger partial charge in [0.2, 0.25) is 17.6 Å². The van der Waals surface area contributed by atoms with Crippen molar-refractivity contribution in [2.75, 3.05) is 13.1 Å². The van der Waals surface area contributed by atoms with Crippen molar-refractivity contribution in [3.63, 3.8) is 0 Å². The van der Waals surface area contributed by atoms with Gasteiger partial charge in [0.15, 0.2) is 0 Å². The number of rotatable bonds is 12. The van der Waals surface area contributed by atoms with Crippen molar-refractivity contribution in [2.45, 2.75) is 32.4 Å². The summed E-state index contributed by atoms with van der Waals surface area (Å²) in [6.45, 7) is 1.35. The van der Waals surface area contributed by atoms with Gasteiger partial charge >= 0.3 is 6.03 Å². The summed E-state index contributed by atoms with van der Waals surface area (Å²) in [5.41, 5.74) is 7.65. The zero-order valence-corrected chi connectivity index (χ0v) is 21.8. The van der Waals surface area contributed by atoms with Gasteiger partial charge in [0.05, 0.1) is 6.54 Å². The number of carbonyl (C=O) groups excluding carboxylic acids is 5. The molecule has 0 radical (unpaired) electrons. The molecule has 202 valence electrons. The van der Waals surface area contributed by atoms with Crippen LogP contribution in [0, 0.1) is 0 Å². The van der Waals surface area contributed by atoms with Crippen LogP contribution in [0.3, 0.4) is 0 Å². The maximum Gasteiger partial charge on any atom is 0.327 e. The summed E-state index contributed by atoms with van der Waals surface area (Å²) in [5.74, 6) is -3.62. The standard InChI is InChI=1S/C30H32N4O5/c1-22(25-15-9-4-10-16-25)19-34(28(37)17-27(31)36)30(39)33(20-24-13-7-3-8-14-24)21-26(35)29(38)32-18-23-11-5-2-6-12-23/h2-16,22H,17-21H2,1H3,(H2,31,36)(H,32,38)/t22-/m1/s1. The van der Waals surface area contributed by atoms with Gasteiger partial charge in [-0.2, -0.15) is 0 Å². The number of nitrogens with zero attached hydrogens (tertiary/aromatic N) is 2. The molecule has 3 rings (SSSR count). The number of carbonyl (C=O) groups is 5. The molecule has 3 aromatic carbocycles. The Morgan fingerprint density at radius 3 is 1.90 bits per heavy atom. The number of imide groups is 1. The minimum absolute atomic E-state index is 0.0303. The molecule has 0 fully saturated rings. The molecule has 0 aromatic heterocycles. The molecule has 0 heterocycles. The topological polar surface area (TPSA) is 130 Å². The summed E-state index contributed by atoms with van der Waals surface area (Å²) >= 11 is 0. The van der Waals surface area contributed by atoms with Crippen molar-refractivity contribution >= 4 is 29.5 Å². The Bertz CT molecular complexity index is 1280. The lowest BCUT2D eigenvalue weighted by Crippen LogP contribution is -2.50. The van der Waals surface area contributed by atoms with Crippen LogP contribution in [0.15, 0.2) is 91.0 Å². The van der Waals surface area contributed by atoms with Crippen LogP contribution in [0.1, 0.15) is 36.0 Å². The number of Topliss-reactive ketones (excluding diaryl/α,β-unsaturated/α-hetero) is 1. The second-order valence-electron chi connectivity index (χ2n) is 9.17. The van der Waals surface area contributed by atoms with Gasteiger partial charge in [-0.3, -0.25) is 24.1 Å². The van der Waals surface area contributed by atoms with Crippen molar-refractivity contribution < 1.29 is 24.0 Å². The van der Waals surface area contributed by atoms with Crippen LogP contribution in [-0.4, -0.2) is 52.4 Å². The van der Waals surface area contributed by atoms with E-state index in [0.717, 1.165) is 20.9 Å². The quantitative estimate of drug-likeness (QED) is 0.276. The van der Waals surface area contributed by atoms with Crippen LogP contribution >= 0.6 is 0 Å². The van der Waals surface area contributed by atoms with Gasteiger partial charge in [-0.1, -0.05) is 97.9 Å². The largest absolute Gasteiger partial charge is 0.369 e. The molecule has 3 N–H and O–H groups in total. The Labute approximate surface area is 227 Å². The highest BCUT2D eigenvalue weighted by Crippen LogP contribution is 2.19. The van der Waals surface area contributed by atoms with Crippen LogP contribution in [-0.2, 0) is 32.3 Å². The molecule has 0 spiro atoms. The van der Waals surface area contributed by atoms with Crippen molar-refractivity contribution in [1.29, 1.82) is 0 Å². The first kappa shape index (κ1) is 28.8. The molecule has 1 atom stereocenters. The van der Waals surface area contributed by atoms with Crippen LogP contribution in [0.2, 0.25) is 0 Å². The highest BCUT2D eigenvalue weighted by Gasteiger charge is 2.31. The first-order chi connectivity index (χ1) is 18.7. The second kappa shape index (κ2) is 14.2. The van der Waals surface area contributed by atoms with E-state index in [1.54, 1.807) is 24.3 Å². The molecular formula is C30H32N4O5. The van der Waals surface area contributed by atoms with Gasteiger partial charge in [-0.05, 0) is 22.6 Å². The minimum atomic E-state index is -0.879. The maximum absolute atomic E-state index is 13.8. The molecule has 0 unspecified atom stereocenters. The SMILES string of the molecule is C[C@H](CN(C(=O)CC(N)=O)C(=O)N(CC(=O)C(=O)NCc1ccccc1)Cc1ccccc1)c1ccccc1. The fourth-order valence-corrected chi connectivity index (χ4v) is 3.98. The fraction of sp³-hybridized carbons (Fsp3) is 0.233. The van der Waals surface area contributed by atoms with Crippen molar-refractivity contribution in [3.8, 4) is 0 Å². The molecule has 0 aliphatic carbocycles. The lowest BCUT2D eigenvalue weighted by molar-refractivity contribution is -0.138. The van der Waals surface area contributed by atoms with Crippen LogP contribution in [0.5, 0.6) is 0 Å². The molecule has 9 heteroatoms. The average molecular weight is 529 g/mol. The molecule has 0 aliphatic rings. The Morgan fingerprint density at radius 1 is 0.795 bits per heavy atom. The number of urea groups is 1. The van der Waals surface area contributed by atoms with E-state index in [0.29, 0.717) is 5.56 Å². The summed E-state index contributed by atoms with van der Waals surface area (Å²) in [6.07, 6.45) is -0.669. The van der Waals surface area contributed by atoms with E-state index in [1.807, 2.05) is 73.7 Å². The van der Waals surface area contributed by atoms with Gasteiger partial charge in [-0.25, -0.2) is 4.79 Å². The van der Waals surface area contributed by atoms with E-state index >= 15 is 0 Å². The van der Waals surface area contributed by atoms with Gasteiger partial charge in [0.25, 0.3) is 5.91 Å². The van der Waals surface area contributed by atoms with Crippen molar-refractivity contribution in [1.82, 2.24) is 15.1 Å². The van der Waals surface area contributed by atoms with E-state index in [1.165, 1.54) is 0 Å². The van der Waals surface area contributed by atoms with Gasteiger partial charge < -0.3 is 16.0 Å². The van der Waals surface area contributed by atoms with Gasteiger partial charge in [0.1, 0.15) is 6.42 Å². The molecule has 0 bridgehead atoms. The number of hydrogen-bond acceptors (Lipinski definition) is 5. The normalized spacial score (nSPS) is 11.2. The maximum atomic E-state index is 13.8. The number of hydrogen-bond donors (Lipinski definition) is 2. The molecule has 0 saturated carbocycles. The zero-order valence-electron chi connectivity index (χ0n) is 21.8. The second-order valence-corrected chi connectivity index (χ2v) is 9.17. The Hall–Kier alpha value is -4.79.